The molecule has 5 heteroatoms. The number of rotatable bonds is 3. The summed E-state index contributed by atoms with van der Waals surface area (Å²) >= 11 is 0. The molecule has 3 fully saturated rings. The molecule has 0 unspecified atom stereocenters. The lowest BCUT2D eigenvalue weighted by atomic mass is 10.1. The predicted octanol–water partition coefficient (Wildman–Crippen LogP) is 0.146. The molecular weight excluding hydrogens is 220 g/mol. The number of hydrogen-bond donors (Lipinski definition) is 0. The molecule has 0 bridgehead atoms. The molecule has 0 atom stereocenters. The van der Waals surface area contributed by atoms with Gasteiger partial charge in [0.2, 0.25) is 17.7 Å². The van der Waals surface area contributed by atoms with Crippen molar-refractivity contribution in [3.05, 3.63) is 0 Å². The maximum absolute atomic E-state index is 11.7. The fraction of sp³-hybridized carbons (Fsp3) is 0.750. The van der Waals surface area contributed by atoms with E-state index in [2.05, 4.69) is 0 Å². The molecular formula is C12H16N2O3. The SMILES string of the molecule is O=C(CC1CC1)N1CC(N2C(=O)CCC2=O)C1. The zero-order valence-corrected chi connectivity index (χ0v) is 9.72. The van der Waals surface area contributed by atoms with E-state index in [1.165, 1.54) is 17.7 Å². The number of hydrogen-bond acceptors (Lipinski definition) is 3. The van der Waals surface area contributed by atoms with Gasteiger partial charge in [-0.05, 0) is 18.8 Å². The largest absolute Gasteiger partial charge is 0.338 e. The zero-order chi connectivity index (χ0) is 12.0. The van der Waals surface area contributed by atoms with Gasteiger partial charge in [0.25, 0.3) is 0 Å². The second-order valence-electron chi connectivity index (χ2n) is 5.26. The van der Waals surface area contributed by atoms with E-state index in [0.717, 1.165) is 0 Å². The van der Waals surface area contributed by atoms with Crippen LogP contribution in [-0.4, -0.2) is 46.7 Å². The van der Waals surface area contributed by atoms with Crippen LogP contribution >= 0.6 is 0 Å². The molecule has 5 nitrogen and oxygen atoms in total. The highest BCUT2D eigenvalue weighted by atomic mass is 16.2. The van der Waals surface area contributed by atoms with Crippen LogP contribution in [-0.2, 0) is 14.4 Å². The highest BCUT2D eigenvalue weighted by molar-refractivity contribution is 6.02. The fourth-order valence-corrected chi connectivity index (χ4v) is 2.52. The van der Waals surface area contributed by atoms with E-state index in [9.17, 15) is 14.4 Å². The summed E-state index contributed by atoms with van der Waals surface area (Å²) in [6, 6.07) is -0.0550. The minimum atomic E-state index is -0.0747. The molecule has 0 N–H and O–H groups in total. The third-order valence-electron chi connectivity index (χ3n) is 3.83. The van der Waals surface area contributed by atoms with E-state index in [0.29, 0.717) is 38.3 Å². The first-order chi connectivity index (χ1) is 8.15. The summed E-state index contributed by atoms with van der Waals surface area (Å²) in [5.41, 5.74) is 0. The summed E-state index contributed by atoms with van der Waals surface area (Å²) in [5, 5.41) is 0. The first-order valence-electron chi connectivity index (χ1n) is 6.28. The summed E-state index contributed by atoms with van der Waals surface area (Å²) in [6.45, 7) is 1.09. The summed E-state index contributed by atoms with van der Waals surface area (Å²) in [6.07, 6.45) is 3.67. The van der Waals surface area contributed by atoms with Crippen molar-refractivity contribution < 1.29 is 14.4 Å². The molecule has 3 amide bonds. The Morgan fingerprint density at radius 2 is 1.71 bits per heavy atom. The fourth-order valence-electron chi connectivity index (χ4n) is 2.52. The molecule has 2 aliphatic heterocycles. The Kier molecular flexibility index (Phi) is 2.42. The maximum Gasteiger partial charge on any atom is 0.230 e. The molecule has 3 aliphatic rings. The van der Waals surface area contributed by atoms with Gasteiger partial charge in [0.1, 0.15) is 0 Å². The molecule has 0 aromatic carbocycles. The van der Waals surface area contributed by atoms with Crippen LogP contribution < -0.4 is 0 Å². The van der Waals surface area contributed by atoms with Crippen LogP contribution in [0.2, 0.25) is 0 Å². The number of amides is 3. The van der Waals surface area contributed by atoms with E-state index >= 15 is 0 Å². The van der Waals surface area contributed by atoms with Crippen LogP contribution in [0.25, 0.3) is 0 Å². The first-order valence-corrected chi connectivity index (χ1v) is 6.28. The van der Waals surface area contributed by atoms with Crippen molar-refractivity contribution >= 4 is 17.7 Å². The van der Waals surface area contributed by atoms with Crippen LogP contribution in [0.4, 0.5) is 0 Å². The number of likely N-dealkylation sites (tertiary alicyclic amines) is 2. The highest BCUT2D eigenvalue weighted by Gasteiger charge is 2.43. The lowest BCUT2D eigenvalue weighted by Crippen LogP contribution is -2.62. The molecule has 0 spiro atoms. The van der Waals surface area contributed by atoms with Crippen molar-refractivity contribution in [3.63, 3.8) is 0 Å². The van der Waals surface area contributed by atoms with Crippen molar-refractivity contribution in [3.8, 4) is 0 Å². The molecule has 0 aromatic rings. The van der Waals surface area contributed by atoms with E-state index in [1.807, 2.05) is 0 Å². The number of imide groups is 1. The Hall–Kier alpha value is -1.39. The minimum absolute atomic E-state index is 0.0550. The first kappa shape index (κ1) is 10.7. The Bertz CT molecular complexity index is 367. The van der Waals surface area contributed by atoms with Gasteiger partial charge in [0.15, 0.2) is 0 Å². The van der Waals surface area contributed by atoms with E-state index in [-0.39, 0.29) is 23.8 Å². The maximum atomic E-state index is 11.7. The van der Waals surface area contributed by atoms with Crippen LogP contribution in [0.1, 0.15) is 32.1 Å². The quantitative estimate of drug-likeness (QED) is 0.655. The van der Waals surface area contributed by atoms with Crippen LogP contribution in [0, 0.1) is 5.92 Å². The lowest BCUT2D eigenvalue weighted by Gasteiger charge is -2.43. The predicted molar refractivity (Wildman–Crippen MR) is 58.8 cm³/mol. The highest BCUT2D eigenvalue weighted by Crippen LogP contribution is 2.34. The van der Waals surface area contributed by atoms with E-state index in [1.54, 1.807) is 4.90 Å². The van der Waals surface area contributed by atoms with Gasteiger partial charge in [-0.2, -0.15) is 0 Å². The van der Waals surface area contributed by atoms with Gasteiger partial charge in [0.05, 0.1) is 6.04 Å². The Balaban J connectivity index is 1.51. The Morgan fingerprint density at radius 3 is 2.24 bits per heavy atom. The van der Waals surface area contributed by atoms with Crippen molar-refractivity contribution in [1.82, 2.24) is 9.80 Å². The summed E-state index contributed by atoms with van der Waals surface area (Å²) in [4.78, 5) is 37.8. The van der Waals surface area contributed by atoms with Gasteiger partial charge >= 0.3 is 0 Å². The van der Waals surface area contributed by atoms with Crippen LogP contribution in [0.5, 0.6) is 0 Å². The van der Waals surface area contributed by atoms with Crippen LogP contribution in [0.15, 0.2) is 0 Å². The molecule has 2 heterocycles. The average Bonchev–Trinajstić information content (AvgIpc) is 2.96. The second-order valence-corrected chi connectivity index (χ2v) is 5.26. The average molecular weight is 236 g/mol. The summed E-state index contributed by atoms with van der Waals surface area (Å²) < 4.78 is 0. The minimum Gasteiger partial charge on any atom is -0.338 e. The number of carbonyl (C=O) groups is 3. The molecule has 17 heavy (non-hydrogen) atoms. The van der Waals surface area contributed by atoms with Gasteiger partial charge in [-0.15, -0.1) is 0 Å². The van der Waals surface area contributed by atoms with Gasteiger partial charge in [0, 0.05) is 32.4 Å². The third-order valence-corrected chi connectivity index (χ3v) is 3.83. The van der Waals surface area contributed by atoms with Crippen molar-refractivity contribution in [2.24, 2.45) is 5.92 Å². The number of nitrogens with zero attached hydrogens (tertiary/aromatic N) is 2. The lowest BCUT2D eigenvalue weighted by molar-refractivity contribution is -0.151. The van der Waals surface area contributed by atoms with Gasteiger partial charge in [-0.1, -0.05) is 0 Å². The van der Waals surface area contributed by atoms with Gasteiger partial charge in [-0.3, -0.25) is 19.3 Å². The molecule has 0 aromatic heterocycles. The Morgan fingerprint density at radius 1 is 1.12 bits per heavy atom. The van der Waals surface area contributed by atoms with E-state index in [4.69, 9.17) is 0 Å². The van der Waals surface area contributed by atoms with Crippen molar-refractivity contribution in [1.29, 1.82) is 0 Å². The number of carbonyl (C=O) groups excluding carboxylic acids is 3. The normalized spacial score (nSPS) is 25.4. The Labute approximate surface area is 99.7 Å². The van der Waals surface area contributed by atoms with E-state index < -0.39 is 0 Å². The molecule has 1 saturated carbocycles. The molecule has 3 rings (SSSR count). The molecule has 2 saturated heterocycles. The standard InChI is InChI=1S/C12H16N2O3/c15-10-3-4-11(16)14(10)9-6-13(7-9)12(17)5-8-1-2-8/h8-9H,1-7H2. The summed E-state index contributed by atoms with van der Waals surface area (Å²) in [5.74, 6) is 0.628. The summed E-state index contributed by atoms with van der Waals surface area (Å²) in [7, 11) is 0. The van der Waals surface area contributed by atoms with Gasteiger partial charge < -0.3 is 4.90 Å². The van der Waals surface area contributed by atoms with Crippen molar-refractivity contribution in [2.45, 2.75) is 38.1 Å². The molecule has 1 aliphatic carbocycles. The molecule has 92 valence electrons. The molecule has 0 radical (unpaired) electrons. The smallest absolute Gasteiger partial charge is 0.230 e. The van der Waals surface area contributed by atoms with Crippen LogP contribution in [0.3, 0.4) is 0 Å². The van der Waals surface area contributed by atoms with Gasteiger partial charge in [-0.25, -0.2) is 0 Å². The zero-order valence-electron chi connectivity index (χ0n) is 9.72. The third kappa shape index (κ3) is 1.94. The van der Waals surface area contributed by atoms with Crippen molar-refractivity contribution in [2.75, 3.05) is 13.1 Å². The monoisotopic (exact) mass is 236 g/mol. The second kappa shape index (κ2) is 3.82. The topological polar surface area (TPSA) is 57.7 Å².